The van der Waals surface area contributed by atoms with Crippen molar-refractivity contribution >= 4 is 17.6 Å². The molecular weight excluding hydrogens is 695 g/mol. The maximum atomic E-state index is 14.1. The molecule has 0 saturated heterocycles. The Morgan fingerprint density at radius 1 is 0.882 bits per heavy atom. The van der Waals surface area contributed by atoms with Gasteiger partial charge in [-0.3, -0.25) is 4.79 Å². The van der Waals surface area contributed by atoms with E-state index in [1.807, 2.05) is 6.92 Å². The first-order valence-electron chi connectivity index (χ1n) is 16.7. The molecule has 51 heavy (non-hydrogen) atoms. The van der Waals surface area contributed by atoms with Gasteiger partial charge in [-0.25, -0.2) is 0 Å². The van der Waals surface area contributed by atoms with E-state index >= 15 is 0 Å². The first kappa shape index (κ1) is 38.2. The zero-order chi connectivity index (χ0) is 37.3. The SMILES string of the molecule is CC[C@@H]1C[C@H](N(Cc2cc(C(F)(F)F)cc(C(F)(F)F)c2)c2nnn(C)n2)c2cc(C(F)(F)F)ccc2N1CC1CCC(CCOC(C)=O)CC1. The lowest BCUT2D eigenvalue weighted by Crippen LogP contribution is -2.47. The minimum absolute atomic E-state index is 0.0261. The molecule has 1 aliphatic heterocycles. The molecule has 8 nitrogen and oxygen atoms in total. The summed E-state index contributed by atoms with van der Waals surface area (Å²) in [6.45, 7) is 3.60. The van der Waals surface area contributed by atoms with Crippen LogP contribution in [0.25, 0.3) is 0 Å². The fourth-order valence-electron chi connectivity index (χ4n) is 7.26. The third-order valence-electron chi connectivity index (χ3n) is 9.81. The molecule has 1 aromatic heterocycles. The molecule has 1 fully saturated rings. The largest absolute Gasteiger partial charge is 0.466 e. The van der Waals surface area contributed by atoms with Gasteiger partial charge in [-0.2, -0.15) is 44.3 Å². The zero-order valence-electron chi connectivity index (χ0n) is 28.2. The summed E-state index contributed by atoms with van der Waals surface area (Å²) >= 11 is 0. The normalized spacial score (nSPS) is 21.4. The number of hydrogen-bond donors (Lipinski definition) is 0. The number of carbonyl (C=O) groups excluding carboxylic acids is 1. The van der Waals surface area contributed by atoms with Crippen molar-refractivity contribution in [3.8, 4) is 0 Å². The molecule has 2 heterocycles. The van der Waals surface area contributed by atoms with Crippen LogP contribution in [0.4, 0.5) is 51.1 Å². The highest BCUT2D eigenvalue weighted by Crippen LogP contribution is 2.47. The van der Waals surface area contributed by atoms with Crippen molar-refractivity contribution in [3.63, 3.8) is 0 Å². The average molecular weight is 735 g/mol. The highest BCUT2D eigenvalue weighted by Gasteiger charge is 2.42. The van der Waals surface area contributed by atoms with E-state index in [1.165, 1.54) is 24.9 Å². The van der Waals surface area contributed by atoms with Crippen molar-refractivity contribution in [2.24, 2.45) is 18.9 Å². The van der Waals surface area contributed by atoms with Crippen molar-refractivity contribution < 1.29 is 49.0 Å². The smallest absolute Gasteiger partial charge is 0.416 e. The number of aryl methyl sites for hydroxylation is 1. The summed E-state index contributed by atoms with van der Waals surface area (Å²) in [5.74, 6) is 0.114. The molecule has 280 valence electrons. The van der Waals surface area contributed by atoms with Crippen molar-refractivity contribution in [1.29, 1.82) is 0 Å². The summed E-state index contributed by atoms with van der Waals surface area (Å²) in [5, 5.41) is 12.0. The maximum Gasteiger partial charge on any atom is 0.416 e. The number of esters is 1. The minimum atomic E-state index is -5.10. The standard InChI is InChI=1S/C34H39F9N6O2/c1-4-27-17-30(49(31-44-46-47(3)45-31)19-23-13-25(33(38,39)40)15-26(14-23)34(41,42)43)28-16-24(32(35,36)37)9-10-29(28)48(27)18-22-7-5-21(6-8-22)11-12-51-20(2)50/h9-10,13-16,21-22,27,30H,4-8,11-12,17-19H2,1-3H3/t21?,22?,27-,30+/m1/s1. The fourth-order valence-corrected chi connectivity index (χ4v) is 7.26. The van der Waals surface area contributed by atoms with E-state index < -0.39 is 47.8 Å². The number of anilines is 2. The van der Waals surface area contributed by atoms with Crippen LogP contribution in [0, 0.1) is 11.8 Å². The van der Waals surface area contributed by atoms with Crippen LogP contribution >= 0.6 is 0 Å². The van der Waals surface area contributed by atoms with Gasteiger partial charge in [0, 0.05) is 31.7 Å². The lowest BCUT2D eigenvalue weighted by atomic mass is 9.79. The number of benzene rings is 2. The number of rotatable bonds is 10. The van der Waals surface area contributed by atoms with Gasteiger partial charge in [0.2, 0.25) is 0 Å². The summed E-state index contributed by atoms with van der Waals surface area (Å²) < 4.78 is 130. The Hall–Kier alpha value is -4.05. The fraction of sp³-hybridized carbons (Fsp3) is 0.588. The molecule has 2 aliphatic rings. The van der Waals surface area contributed by atoms with E-state index in [1.54, 1.807) is 0 Å². The number of hydrogen-bond acceptors (Lipinski definition) is 7. The summed E-state index contributed by atoms with van der Waals surface area (Å²) in [6, 6.07) is 3.40. The van der Waals surface area contributed by atoms with Crippen LogP contribution in [-0.2, 0) is 41.7 Å². The van der Waals surface area contributed by atoms with E-state index in [-0.39, 0.29) is 47.5 Å². The van der Waals surface area contributed by atoms with Crippen LogP contribution in [0.1, 0.15) is 92.7 Å². The number of fused-ring (bicyclic) bond motifs is 1. The molecule has 1 saturated carbocycles. The molecule has 0 N–H and O–H groups in total. The highest BCUT2D eigenvalue weighted by atomic mass is 19.4. The van der Waals surface area contributed by atoms with Crippen molar-refractivity contribution in [3.05, 3.63) is 64.2 Å². The monoisotopic (exact) mass is 734 g/mol. The summed E-state index contributed by atoms with van der Waals surface area (Å²) in [6.07, 6.45) is -9.89. The lowest BCUT2D eigenvalue weighted by Gasteiger charge is -2.47. The Balaban J connectivity index is 1.53. The van der Waals surface area contributed by atoms with Crippen molar-refractivity contribution in [1.82, 2.24) is 20.2 Å². The molecule has 0 unspecified atom stereocenters. The van der Waals surface area contributed by atoms with Gasteiger partial charge in [0.15, 0.2) is 0 Å². The van der Waals surface area contributed by atoms with Gasteiger partial charge in [0.25, 0.3) is 5.95 Å². The second-order valence-corrected chi connectivity index (χ2v) is 13.4. The number of ether oxygens (including phenoxy) is 1. The van der Waals surface area contributed by atoms with Gasteiger partial charge in [0.05, 0.1) is 36.4 Å². The van der Waals surface area contributed by atoms with Gasteiger partial charge >= 0.3 is 24.5 Å². The summed E-state index contributed by atoms with van der Waals surface area (Å²) in [5.41, 5.74) is -3.64. The second-order valence-electron chi connectivity index (χ2n) is 13.4. The lowest BCUT2D eigenvalue weighted by molar-refractivity contribution is -0.143. The predicted molar refractivity (Wildman–Crippen MR) is 168 cm³/mol. The predicted octanol–water partition coefficient (Wildman–Crippen LogP) is 8.76. The number of halogens is 9. The molecule has 0 bridgehead atoms. The van der Waals surface area contributed by atoms with Crippen LogP contribution in [0.2, 0.25) is 0 Å². The van der Waals surface area contributed by atoms with Gasteiger partial charge in [-0.1, -0.05) is 12.0 Å². The Bertz CT molecular complexity index is 1630. The van der Waals surface area contributed by atoms with Crippen LogP contribution in [-0.4, -0.2) is 45.4 Å². The van der Waals surface area contributed by atoms with Crippen LogP contribution in [0.15, 0.2) is 36.4 Å². The molecular formula is C34H39F9N6O2. The van der Waals surface area contributed by atoms with E-state index in [0.717, 1.165) is 49.0 Å². The van der Waals surface area contributed by atoms with E-state index in [2.05, 4.69) is 20.3 Å². The van der Waals surface area contributed by atoms with Crippen molar-refractivity contribution in [2.45, 2.75) is 96.0 Å². The topological polar surface area (TPSA) is 76.4 Å². The molecule has 0 amide bonds. The summed E-state index contributed by atoms with van der Waals surface area (Å²) in [7, 11) is 1.42. The first-order chi connectivity index (χ1) is 23.8. The Kier molecular flexibility index (Phi) is 11.2. The Labute approximate surface area is 288 Å². The van der Waals surface area contributed by atoms with Gasteiger partial charge in [-0.15, -0.1) is 5.10 Å². The molecule has 0 radical (unpaired) electrons. The Morgan fingerprint density at radius 2 is 1.49 bits per heavy atom. The summed E-state index contributed by atoms with van der Waals surface area (Å²) in [4.78, 5) is 15.6. The third-order valence-corrected chi connectivity index (χ3v) is 9.81. The van der Waals surface area contributed by atoms with E-state index in [0.29, 0.717) is 43.3 Å². The number of nitrogens with zero attached hydrogens (tertiary/aromatic N) is 6. The van der Waals surface area contributed by atoms with Crippen molar-refractivity contribution in [2.75, 3.05) is 23.0 Å². The maximum absolute atomic E-state index is 14.1. The van der Waals surface area contributed by atoms with Crippen LogP contribution in [0.3, 0.4) is 0 Å². The van der Waals surface area contributed by atoms with Gasteiger partial charge < -0.3 is 14.5 Å². The average Bonchev–Trinajstić information content (AvgIpc) is 3.48. The molecule has 0 spiro atoms. The number of aromatic nitrogens is 4. The first-order valence-corrected chi connectivity index (χ1v) is 16.7. The molecule has 1 aliphatic carbocycles. The van der Waals surface area contributed by atoms with E-state index in [4.69, 9.17) is 4.74 Å². The zero-order valence-corrected chi connectivity index (χ0v) is 28.2. The highest BCUT2D eigenvalue weighted by molar-refractivity contribution is 5.65. The van der Waals surface area contributed by atoms with Gasteiger partial charge in [0.1, 0.15) is 0 Å². The minimum Gasteiger partial charge on any atom is -0.466 e. The molecule has 2 atom stereocenters. The number of carbonyl (C=O) groups is 1. The van der Waals surface area contributed by atoms with Crippen LogP contribution in [0.5, 0.6) is 0 Å². The molecule has 3 aromatic rings. The Morgan fingerprint density at radius 3 is 2.02 bits per heavy atom. The number of tetrazole rings is 1. The quantitative estimate of drug-likeness (QED) is 0.152. The molecule has 5 rings (SSSR count). The third kappa shape index (κ3) is 9.25. The van der Waals surface area contributed by atoms with Crippen LogP contribution < -0.4 is 9.80 Å². The second kappa shape index (κ2) is 14.9. The van der Waals surface area contributed by atoms with E-state index in [9.17, 15) is 44.3 Å². The molecule has 17 heteroatoms. The van der Waals surface area contributed by atoms with Gasteiger partial charge in [-0.05, 0) is 110 Å². The number of alkyl halides is 9. The molecule has 2 aromatic carbocycles.